The van der Waals surface area contributed by atoms with Gasteiger partial charge in [0.2, 0.25) is 0 Å². The van der Waals surface area contributed by atoms with Gasteiger partial charge >= 0.3 is 0 Å². The molecule has 0 radical (unpaired) electrons. The van der Waals surface area contributed by atoms with Crippen molar-refractivity contribution < 1.29 is 19.0 Å². The SMILES string of the molecule is COc1ccc(CC(C)(O)c2ccoc2)cc1OC. The lowest BCUT2D eigenvalue weighted by Crippen LogP contribution is -2.23. The molecule has 0 amide bonds. The Morgan fingerprint density at radius 3 is 2.47 bits per heavy atom. The summed E-state index contributed by atoms with van der Waals surface area (Å²) in [6.07, 6.45) is 3.58. The number of benzene rings is 1. The molecule has 0 fully saturated rings. The lowest BCUT2D eigenvalue weighted by molar-refractivity contribution is 0.0569. The predicted molar refractivity (Wildman–Crippen MR) is 71.5 cm³/mol. The van der Waals surface area contributed by atoms with Crippen LogP contribution >= 0.6 is 0 Å². The fourth-order valence-corrected chi connectivity index (χ4v) is 2.06. The van der Waals surface area contributed by atoms with Crippen LogP contribution in [0.5, 0.6) is 11.5 Å². The smallest absolute Gasteiger partial charge is 0.160 e. The first-order valence-electron chi connectivity index (χ1n) is 6.03. The van der Waals surface area contributed by atoms with Crippen LogP contribution in [0.25, 0.3) is 0 Å². The van der Waals surface area contributed by atoms with Crippen molar-refractivity contribution in [2.24, 2.45) is 0 Å². The van der Waals surface area contributed by atoms with Crippen molar-refractivity contribution in [3.05, 3.63) is 47.9 Å². The molecule has 0 bridgehead atoms. The first kappa shape index (κ1) is 13.5. The Morgan fingerprint density at radius 1 is 1.16 bits per heavy atom. The van der Waals surface area contributed by atoms with Crippen molar-refractivity contribution in [2.75, 3.05) is 14.2 Å². The standard InChI is InChI=1S/C15H18O4/c1-15(16,12-6-7-19-10-12)9-11-4-5-13(17-2)14(8-11)18-3/h4-8,10,16H,9H2,1-3H3. The van der Waals surface area contributed by atoms with Crippen LogP contribution in [0.2, 0.25) is 0 Å². The molecule has 1 aromatic heterocycles. The molecular weight excluding hydrogens is 244 g/mol. The van der Waals surface area contributed by atoms with Crippen LogP contribution in [0.1, 0.15) is 18.1 Å². The molecule has 102 valence electrons. The molecule has 1 unspecified atom stereocenters. The Bertz CT molecular complexity index is 529. The van der Waals surface area contributed by atoms with Crippen molar-refractivity contribution in [3.63, 3.8) is 0 Å². The van der Waals surface area contributed by atoms with Crippen LogP contribution in [0.3, 0.4) is 0 Å². The molecule has 19 heavy (non-hydrogen) atoms. The Kier molecular flexibility index (Phi) is 3.81. The zero-order chi connectivity index (χ0) is 13.9. The highest BCUT2D eigenvalue weighted by Crippen LogP contribution is 2.31. The average molecular weight is 262 g/mol. The zero-order valence-electron chi connectivity index (χ0n) is 11.3. The van der Waals surface area contributed by atoms with Crippen LogP contribution in [0.15, 0.2) is 41.2 Å². The maximum absolute atomic E-state index is 10.5. The molecule has 1 aromatic carbocycles. The molecule has 0 saturated carbocycles. The van der Waals surface area contributed by atoms with Crippen LogP contribution in [-0.4, -0.2) is 19.3 Å². The van der Waals surface area contributed by atoms with Crippen LogP contribution in [0, 0.1) is 0 Å². The third-order valence-corrected chi connectivity index (χ3v) is 3.14. The van der Waals surface area contributed by atoms with Crippen molar-refractivity contribution in [1.82, 2.24) is 0 Å². The second kappa shape index (κ2) is 5.36. The van der Waals surface area contributed by atoms with Gasteiger partial charge in [-0.15, -0.1) is 0 Å². The molecule has 2 rings (SSSR count). The number of rotatable bonds is 5. The normalized spacial score (nSPS) is 13.9. The van der Waals surface area contributed by atoms with Gasteiger partial charge in [-0.05, 0) is 30.7 Å². The molecule has 0 aliphatic carbocycles. The fraction of sp³-hybridized carbons (Fsp3) is 0.333. The molecule has 4 nitrogen and oxygen atoms in total. The lowest BCUT2D eigenvalue weighted by atomic mass is 9.91. The van der Waals surface area contributed by atoms with Crippen LogP contribution in [0.4, 0.5) is 0 Å². The van der Waals surface area contributed by atoms with E-state index >= 15 is 0 Å². The number of furan rings is 1. The molecule has 2 aromatic rings. The van der Waals surface area contributed by atoms with E-state index in [1.807, 2.05) is 18.2 Å². The summed E-state index contributed by atoms with van der Waals surface area (Å²) in [5, 5.41) is 10.5. The van der Waals surface area contributed by atoms with E-state index in [1.54, 1.807) is 39.7 Å². The van der Waals surface area contributed by atoms with E-state index in [4.69, 9.17) is 13.9 Å². The highest BCUT2D eigenvalue weighted by atomic mass is 16.5. The summed E-state index contributed by atoms with van der Waals surface area (Å²) >= 11 is 0. The summed E-state index contributed by atoms with van der Waals surface area (Å²) in [4.78, 5) is 0. The van der Waals surface area contributed by atoms with Gasteiger partial charge in [0.1, 0.15) is 0 Å². The summed E-state index contributed by atoms with van der Waals surface area (Å²) in [6, 6.07) is 7.38. The monoisotopic (exact) mass is 262 g/mol. The second-order valence-corrected chi connectivity index (χ2v) is 4.65. The largest absolute Gasteiger partial charge is 0.493 e. The van der Waals surface area contributed by atoms with E-state index in [0.717, 1.165) is 11.1 Å². The van der Waals surface area contributed by atoms with Crippen LogP contribution < -0.4 is 9.47 Å². The molecule has 1 heterocycles. The Hall–Kier alpha value is -1.94. The molecule has 0 saturated heterocycles. The van der Waals surface area contributed by atoms with Crippen molar-refractivity contribution >= 4 is 0 Å². The molecule has 1 atom stereocenters. The predicted octanol–water partition coefficient (Wildman–Crippen LogP) is 2.75. The summed E-state index contributed by atoms with van der Waals surface area (Å²) in [5.74, 6) is 1.33. The molecule has 1 N–H and O–H groups in total. The quantitative estimate of drug-likeness (QED) is 0.900. The summed E-state index contributed by atoms with van der Waals surface area (Å²) in [5.41, 5.74) is 0.734. The van der Waals surface area contributed by atoms with Gasteiger partial charge in [-0.2, -0.15) is 0 Å². The fourth-order valence-electron chi connectivity index (χ4n) is 2.06. The molecule has 0 aliphatic rings. The van der Waals surface area contributed by atoms with Gasteiger partial charge in [0.25, 0.3) is 0 Å². The highest BCUT2D eigenvalue weighted by Gasteiger charge is 2.25. The van der Waals surface area contributed by atoms with E-state index in [2.05, 4.69) is 0 Å². The number of aliphatic hydroxyl groups is 1. The van der Waals surface area contributed by atoms with Gasteiger partial charge in [0, 0.05) is 12.0 Å². The minimum absolute atomic E-state index is 0.465. The topological polar surface area (TPSA) is 51.8 Å². The van der Waals surface area contributed by atoms with E-state index in [-0.39, 0.29) is 0 Å². The Balaban J connectivity index is 2.24. The van der Waals surface area contributed by atoms with Crippen molar-refractivity contribution in [2.45, 2.75) is 18.9 Å². The van der Waals surface area contributed by atoms with Crippen LogP contribution in [-0.2, 0) is 12.0 Å². The minimum Gasteiger partial charge on any atom is -0.493 e. The van der Waals surface area contributed by atoms with Gasteiger partial charge in [-0.3, -0.25) is 0 Å². The summed E-state index contributed by atoms with van der Waals surface area (Å²) in [7, 11) is 3.19. The third-order valence-electron chi connectivity index (χ3n) is 3.14. The Labute approximate surface area is 112 Å². The molecule has 4 heteroatoms. The Morgan fingerprint density at radius 2 is 1.89 bits per heavy atom. The molecular formula is C15H18O4. The maximum Gasteiger partial charge on any atom is 0.160 e. The van der Waals surface area contributed by atoms with Gasteiger partial charge in [0.05, 0.1) is 32.3 Å². The number of hydrogen-bond acceptors (Lipinski definition) is 4. The highest BCUT2D eigenvalue weighted by molar-refractivity contribution is 5.43. The van der Waals surface area contributed by atoms with Gasteiger partial charge < -0.3 is 19.0 Å². The van der Waals surface area contributed by atoms with Gasteiger partial charge in [0.15, 0.2) is 11.5 Å². The summed E-state index contributed by atoms with van der Waals surface area (Å²) < 4.78 is 15.5. The second-order valence-electron chi connectivity index (χ2n) is 4.65. The van der Waals surface area contributed by atoms with E-state index in [1.165, 1.54) is 0 Å². The van der Waals surface area contributed by atoms with Gasteiger partial charge in [-0.1, -0.05) is 6.07 Å². The van der Waals surface area contributed by atoms with Gasteiger partial charge in [-0.25, -0.2) is 0 Å². The lowest BCUT2D eigenvalue weighted by Gasteiger charge is -2.22. The molecule has 0 spiro atoms. The number of methoxy groups -OCH3 is 2. The van der Waals surface area contributed by atoms with E-state index in [9.17, 15) is 5.11 Å². The van der Waals surface area contributed by atoms with Crippen molar-refractivity contribution in [3.8, 4) is 11.5 Å². The zero-order valence-corrected chi connectivity index (χ0v) is 11.3. The number of ether oxygens (including phenoxy) is 2. The van der Waals surface area contributed by atoms with Crippen molar-refractivity contribution in [1.29, 1.82) is 0 Å². The minimum atomic E-state index is -0.980. The molecule has 0 aliphatic heterocycles. The van der Waals surface area contributed by atoms with E-state index in [0.29, 0.717) is 17.9 Å². The van der Waals surface area contributed by atoms with E-state index < -0.39 is 5.60 Å². The maximum atomic E-state index is 10.5. The average Bonchev–Trinajstić information content (AvgIpc) is 2.93. The number of hydrogen-bond donors (Lipinski definition) is 1. The third kappa shape index (κ3) is 2.90. The first-order chi connectivity index (χ1) is 9.06. The summed E-state index contributed by atoms with van der Waals surface area (Å²) in [6.45, 7) is 1.76. The first-order valence-corrected chi connectivity index (χ1v) is 6.03.